The monoisotopic (exact) mass is 306 g/mol. The lowest BCUT2D eigenvalue weighted by Gasteiger charge is -2.32. The van der Waals surface area contributed by atoms with Crippen LogP contribution in [0.5, 0.6) is 5.75 Å². The summed E-state index contributed by atoms with van der Waals surface area (Å²) in [5.74, 6) is 0.486. The van der Waals surface area contributed by atoms with Crippen LogP contribution in [-0.2, 0) is 4.79 Å². The third-order valence-electron chi connectivity index (χ3n) is 4.85. The standard InChI is InChI=1S/C19H18N2O2/c1-10-15-8-16(18(22)9-17(15)21-19(10)23)12-4-2-11(3-5-12)13-6-14(20)7-13/h2-5,8-9,13-14,22H,1,6-7,20H2,(H,21,23). The van der Waals surface area contributed by atoms with Crippen molar-refractivity contribution in [1.82, 2.24) is 0 Å². The highest BCUT2D eigenvalue weighted by Crippen LogP contribution is 2.41. The summed E-state index contributed by atoms with van der Waals surface area (Å²) in [6, 6.07) is 11.9. The van der Waals surface area contributed by atoms with E-state index in [-0.39, 0.29) is 11.7 Å². The number of aromatic hydroxyl groups is 1. The molecule has 2 aromatic carbocycles. The molecule has 2 aliphatic rings. The van der Waals surface area contributed by atoms with Crippen LogP contribution in [0, 0.1) is 0 Å². The fourth-order valence-corrected chi connectivity index (χ4v) is 3.36. The van der Waals surface area contributed by atoms with E-state index in [0.717, 1.165) is 24.0 Å². The molecule has 23 heavy (non-hydrogen) atoms. The van der Waals surface area contributed by atoms with E-state index in [1.165, 1.54) is 5.56 Å². The first-order chi connectivity index (χ1) is 11.0. The minimum absolute atomic E-state index is 0.150. The summed E-state index contributed by atoms with van der Waals surface area (Å²) in [7, 11) is 0. The van der Waals surface area contributed by atoms with E-state index in [4.69, 9.17) is 5.73 Å². The number of hydrogen-bond donors (Lipinski definition) is 3. The summed E-state index contributed by atoms with van der Waals surface area (Å²) < 4.78 is 0. The lowest BCUT2D eigenvalue weighted by Crippen LogP contribution is -2.34. The zero-order valence-electron chi connectivity index (χ0n) is 12.7. The van der Waals surface area contributed by atoms with Crippen molar-refractivity contribution in [1.29, 1.82) is 0 Å². The normalized spacial score (nSPS) is 22.5. The second-order valence-corrected chi connectivity index (χ2v) is 6.40. The minimum Gasteiger partial charge on any atom is -0.507 e. The first-order valence-corrected chi connectivity index (χ1v) is 7.76. The fraction of sp³-hybridized carbons (Fsp3) is 0.211. The number of amides is 1. The molecule has 0 unspecified atom stereocenters. The Balaban J connectivity index is 1.68. The van der Waals surface area contributed by atoms with Crippen molar-refractivity contribution < 1.29 is 9.90 Å². The number of nitrogens with one attached hydrogen (secondary N) is 1. The molecule has 4 nitrogen and oxygen atoms in total. The van der Waals surface area contributed by atoms with E-state index in [0.29, 0.717) is 28.8 Å². The van der Waals surface area contributed by atoms with Gasteiger partial charge in [-0.3, -0.25) is 4.79 Å². The zero-order chi connectivity index (χ0) is 16.1. The molecule has 2 aromatic rings. The number of benzene rings is 2. The Morgan fingerprint density at radius 2 is 1.83 bits per heavy atom. The van der Waals surface area contributed by atoms with Crippen molar-refractivity contribution in [2.45, 2.75) is 24.8 Å². The molecule has 4 N–H and O–H groups in total. The van der Waals surface area contributed by atoms with Crippen molar-refractivity contribution >= 4 is 17.2 Å². The molecule has 116 valence electrons. The highest BCUT2D eigenvalue weighted by Gasteiger charge is 2.27. The number of nitrogens with two attached hydrogens (primary N) is 1. The number of anilines is 1. The first kappa shape index (κ1) is 14.0. The molecule has 0 atom stereocenters. The van der Waals surface area contributed by atoms with Crippen LogP contribution in [-0.4, -0.2) is 17.1 Å². The van der Waals surface area contributed by atoms with Gasteiger partial charge < -0.3 is 16.2 Å². The van der Waals surface area contributed by atoms with Gasteiger partial charge in [-0.1, -0.05) is 30.8 Å². The zero-order valence-corrected chi connectivity index (χ0v) is 12.7. The molecule has 4 heteroatoms. The van der Waals surface area contributed by atoms with Gasteiger partial charge in [-0.15, -0.1) is 0 Å². The van der Waals surface area contributed by atoms with Gasteiger partial charge in [-0.05, 0) is 36.0 Å². The van der Waals surface area contributed by atoms with Gasteiger partial charge in [0.25, 0.3) is 5.91 Å². The molecular weight excluding hydrogens is 288 g/mol. The molecule has 1 heterocycles. The number of phenolic OH excluding ortho intramolecular Hbond substituents is 1. The van der Waals surface area contributed by atoms with Crippen LogP contribution in [0.1, 0.15) is 29.9 Å². The number of carbonyl (C=O) groups is 1. The van der Waals surface area contributed by atoms with Crippen LogP contribution in [0.4, 0.5) is 5.69 Å². The van der Waals surface area contributed by atoms with Crippen LogP contribution < -0.4 is 11.1 Å². The third kappa shape index (κ3) is 2.23. The number of phenols is 1. The molecule has 0 aromatic heterocycles. The lowest BCUT2D eigenvalue weighted by molar-refractivity contribution is -0.110. The Morgan fingerprint density at radius 3 is 2.48 bits per heavy atom. The van der Waals surface area contributed by atoms with Crippen molar-refractivity contribution in [2.24, 2.45) is 5.73 Å². The SMILES string of the molecule is C=C1C(=O)Nc2cc(O)c(-c3ccc(C4CC(N)C4)cc3)cc21. The number of fused-ring (bicyclic) bond motifs is 1. The molecule has 1 aliphatic heterocycles. The van der Waals surface area contributed by atoms with Gasteiger partial charge in [-0.25, -0.2) is 0 Å². The van der Waals surface area contributed by atoms with Gasteiger partial charge in [0.15, 0.2) is 0 Å². The highest BCUT2D eigenvalue weighted by molar-refractivity contribution is 6.31. The maximum absolute atomic E-state index is 11.7. The predicted molar refractivity (Wildman–Crippen MR) is 91.2 cm³/mol. The summed E-state index contributed by atoms with van der Waals surface area (Å²) in [5.41, 5.74) is 10.6. The molecular formula is C19H18N2O2. The average Bonchev–Trinajstić information content (AvgIpc) is 2.78. The molecule has 1 saturated carbocycles. The predicted octanol–water partition coefficient (Wildman–Crippen LogP) is 3.23. The summed E-state index contributed by atoms with van der Waals surface area (Å²) >= 11 is 0. The molecule has 0 saturated heterocycles. The molecule has 0 radical (unpaired) electrons. The Hall–Kier alpha value is -2.59. The molecule has 1 fully saturated rings. The van der Waals surface area contributed by atoms with E-state index in [1.807, 2.05) is 18.2 Å². The van der Waals surface area contributed by atoms with Gasteiger partial charge in [0, 0.05) is 28.8 Å². The largest absolute Gasteiger partial charge is 0.507 e. The van der Waals surface area contributed by atoms with Crippen LogP contribution in [0.25, 0.3) is 16.7 Å². The van der Waals surface area contributed by atoms with Crippen LogP contribution >= 0.6 is 0 Å². The fourth-order valence-electron chi connectivity index (χ4n) is 3.36. The molecule has 1 amide bonds. The third-order valence-corrected chi connectivity index (χ3v) is 4.85. The Bertz CT molecular complexity index is 818. The number of rotatable bonds is 2. The van der Waals surface area contributed by atoms with Gasteiger partial charge in [0.2, 0.25) is 0 Å². The Kier molecular flexibility index (Phi) is 3.03. The van der Waals surface area contributed by atoms with Gasteiger partial charge in [0.1, 0.15) is 5.75 Å². The van der Waals surface area contributed by atoms with Crippen LogP contribution in [0.15, 0.2) is 43.0 Å². The summed E-state index contributed by atoms with van der Waals surface area (Å²) in [6.45, 7) is 3.80. The van der Waals surface area contributed by atoms with Crippen LogP contribution in [0.2, 0.25) is 0 Å². The van der Waals surface area contributed by atoms with Gasteiger partial charge in [0.05, 0.1) is 5.69 Å². The van der Waals surface area contributed by atoms with Crippen LogP contribution in [0.3, 0.4) is 0 Å². The lowest BCUT2D eigenvalue weighted by atomic mass is 9.76. The van der Waals surface area contributed by atoms with E-state index in [2.05, 4.69) is 24.0 Å². The second-order valence-electron chi connectivity index (χ2n) is 6.40. The van der Waals surface area contributed by atoms with Gasteiger partial charge in [-0.2, -0.15) is 0 Å². The van der Waals surface area contributed by atoms with Crippen molar-refractivity contribution in [3.05, 3.63) is 54.1 Å². The topological polar surface area (TPSA) is 75.3 Å². The first-order valence-electron chi connectivity index (χ1n) is 7.76. The Morgan fingerprint density at radius 1 is 1.13 bits per heavy atom. The van der Waals surface area contributed by atoms with E-state index in [1.54, 1.807) is 6.07 Å². The Labute approximate surface area is 134 Å². The summed E-state index contributed by atoms with van der Waals surface area (Å²) in [6.07, 6.45) is 2.08. The van der Waals surface area contributed by atoms with Crippen molar-refractivity contribution in [2.75, 3.05) is 5.32 Å². The quantitative estimate of drug-likeness (QED) is 0.746. The molecule has 0 bridgehead atoms. The molecule has 4 rings (SSSR count). The minimum atomic E-state index is -0.215. The number of carbonyl (C=O) groups excluding carboxylic acids is 1. The summed E-state index contributed by atoms with van der Waals surface area (Å²) in [4.78, 5) is 11.7. The molecule has 0 spiro atoms. The maximum atomic E-state index is 11.7. The number of hydrogen-bond acceptors (Lipinski definition) is 3. The van der Waals surface area contributed by atoms with E-state index < -0.39 is 0 Å². The maximum Gasteiger partial charge on any atom is 0.255 e. The average molecular weight is 306 g/mol. The molecule has 1 aliphatic carbocycles. The summed E-state index contributed by atoms with van der Waals surface area (Å²) in [5, 5.41) is 13.0. The second kappa shape index (κ2) is 4.96. The van der Waals surface area contributed by atoms with Crippen molar-refractivity contribution in [3.8, 4) is 16.9 Å². The van der Waals surface area contributed by atoms with E-state index >= 15 is 0 Å². The van der Waals surface area contributed by atoms with Crippen molar-refractivity contribution in [3.63, 3.8) is 0 Å². The van der Waals surface area contributed by atoms with E-state index in [9.17, 15) is 9.90 Å². The highest BCUT2D eigenvalue weighted by atomic mass is 16.3. The smallest absolute Gasteiger partial charge is 0.255 e. The van der Waals surface area contributed by atoms with Gasteiger partial charge >= 0.3 is 0 Å².